The van der Waals surface area contributed by atoms with Crippen LogP contribution in [0.25, 0.3) is 0 Å². The van der Waals surface area contributed by atoms with Crippen molar-refractivity contribution in [2.75, 3.05) is 18.0 Å². The Morgan fingerprint density at radius 3 is 2.60 bits per heavy atom. The van der Waals surface area contributed by atoms with E-state index in [1.807, 2.05) is 25.1 Å². The van der Waals surface area contributed by atoms with Gasteiger partial charge in [-0.05, 0) is 56.0 Å². The molecule has 1 aromatic carbocycles. The van der Waals surface area contributed by atoms with Gasteiger partial charge in [-0.1, -0.05) is 12.1 Å². The molecule has 0 bridgehead atoms. The molecule has 128 valence electrons. The van der Waals surface area contributed by atoms with E-state index in [9.17, 15) is 4.79 Å². The molecule has 2 aromatic rings. The van der Waals surface area contributed by atoms with Crippen molar-refractivity contribution in [2.45, 2.75) is 32.2 Å². The van der Waals surface area contributed by atoms with E-state index in [0.717, 1.165) is 37.3 Å². The van der Waals surface area contributed by atoms with Gasteiger partial charge >= 0.3 is 0 Å². The number of amides is 1. The molecule has 1 aliphatic heterocycles. The van der Waals surface area contributed by atoms with E-state index in [1.165, 1.54) is 6.42 Å². The van der Waals surface area contributed by atoms with Gasteiger partial charge in [0.25, 0.3) is 5.91 Å². The fourth-order valence-electron chi connectivity index (χ4n) is 3.14. The minimum Gasteiger partial charge on any atom is -0.356 e. The van der Waals surface area contributed by atoms with Crippen molar-refractivity contribution < 1.29 is 4.79 Å². The van der Waals surface area contributed by atoms with Crippen LogP contribution in [0.4, 0.5) is 5.82 Å². The third-order valence-electron chi connectivity index (χ3n) is 4.57. The number of anilines is 1. The number of nitrogens with zero attached hydrogens (tertiary/aromatic N) is 3. The van der Waals surface area contributed by atoms with Crippen LogP contribution in [-0.2, 0) is 0 Å². The maximum atomic E-state index is 12.8. The van der Waals surface area contributed by atoms with Crippen LogP contribution in [0.3, 0.4) is 0 Å². The molecule has 0 radical (unpaired) electrons. The van der Waals surface area contributed by atoms with Crippen molar-refractivity contribution in [1.82, 2.24) is 10.3 Å². The van der Waals surface area contributed by atoms with E-state index in [2.05, 4.69) is 21.3 Å². The fraction of sp³-hybridized carbons (Fsp3) is 0.350. The van der Waals surface area contributed by atoms with Crippen LogP contribution in [0.5, 0.6) is 0 Å². The van der Waals surface area contributed by atoms with Crippen LogP contribution in [-0.4, -0.2) is 24.0 Å². The van der Waals surface area contributed by atoms with Crippen molar-refractivity contribution in [3.8, 4) is 6.07 Å². The first-order chi connectivity index (χ1) is 12.2. The van der Waals surface area contributed by atoms with Gasteiger partial charge in [-0.3, -0.25) is 4.79 Å². The molecule has 1 N–H and O–H groups in total. The summed E-state index contributed by atoms with van der Waals surface area (Å²) < 4.78 is 0. The van der Waals surface area contributed by atoms with Crippen molar-refractivity contribution in [3.05, 3.63) is 59.3 Å². The molecule has 25 heavy (non-hydrogen) atoms. The summed E-state index contributed by atoms with van der Waals surface area (Å²) in [6, 6.07) is 12.9. The molecule has 0 unspecified atom stereocenters. The molecule has 2 heterocycles. The van der Waals surface area contributed by atoms with Gasteiger partial charge in [-0.15, -0.1) is 0 Å². The molecule has 1 aromatic heterocycles. The van der Waals surface area contributed by atoms with Gasteiger partial charge in [-0.25, -0.2) is 4.98 Å². The Morgan fingerprint density at radius 1 is 1.20 bits per heavy atom. The molecule has 1 fully saturated rings. The number of aromatic nitrogens is 1. The second-order valence-electron chi connectivity index (χ2n) is 6.35. The number of rotatable bonds is 4. The van der Waals surface area contributed by atoms with E-state index >= 15 is 0 Å². The highest BCUT2D eigenvalue weighted by Gasteiger charge is 2.20. The number of pyridine rings is 1. The van der Waals surface area contributed by atoms with Gasteiger partial charge in [0.05, 0.1) is 23.2 Å². The lowest BCUT2D eigenvalue weighted by molar-refractivity contribution is 0.0940. The van der Waals surface area contributed by atoms with Gasteiger partial charge in [0.2, 0.25) is 0 Å². The predicted octanol–water partition coefficient (Wildman–Crippen LogP) is 3.43. The second kappa shape index (κ2) is 7.80. The fourth-order valence-corrected chi connectivity index (χ4v) is 3.14. The predicted molar refractivity (Wildman–Crippen MR) is 97.3 cm³/mol. The Balaban J connectivity index is 1.75. The van der Waals surface area contributed by atoms with Gasteiger partial charge in [0.1, 0.15) is 5.82 Å². The number of carbonyl (C=O) groups is 1. The van der Waals surface area contributed by atoms with Crippen molar-refractivity contribution in [1.29, 1.82) is 5.26 Å². The molecule has 1 atom stereocenters. The number of benzene rings is 1. The maximum absolute atomic E-state index is 12.8. The molecule has 0 spiro atoms. The molecular weight excluding hydrogens is 312 g/mol. The van der Waals surface area contributed by atoms with Crippen LogP contribution in [0.2, 0.25) is 0 Å². The molecule has 1 aliphatic rings. The summed E-state index contributed by atoms with van der Waals surface area (Å²) in [7, 11) is 0. The quantitative estimate of drug-likeness (QED) is 0.930. The van der Waals surface area contributed by atoms with Crippen molar-refractivity contribution in [2.24, 2.45) is 0 Å². The average molecular weight is 334 g/mol. The number of nitrogens with one attached hydrogen (secondary N) is 1. The number of carbonyl (C=O) groups excluding carboxylic acids is 1. The normalized spacial score (nSPS) is 15.3. The van der Waals surface area contributed by atoms with Gasteiger partial charge < -0.3 is 10.2 Å². The van der Waals surface area contributed by atoms with Gasteiger partial charge in [0, 0.05) is 19.3 Å². The van der Waals surface area contributed by atoms with Crippen LogP contribution in [0.15, 0.2) is 42.6 Å². The standard InChI is InChI=1S/C20H22N4O/c1-15(17-9-7-16(14-21)8-10-17)23-20(25)18-6-5-11-22-19(18)24-12-3-2-4-13-24/h5-11,15H,2-4,12-13H2,1H3,(H,23,25)/t15-/m1/s1. The highest BCUT2D eigenvalue weighted by Crippen LogP contribution is 2.22. The minimum absolute atomic E-state index is 0.120. The summed E-state index contributed by atoms with van der Waals surface area (Å²) in [5, 5.41) is 11.9. The first kappa shape index (κ1) is 17.0. The Labute approximate surface area is 148 Å². The zero-order valence-electron chi connectivity index (χ0n) is 14.4. The number of piperidine rings is 1. The van der Waals surface area contributed by atoms with Crippen molar-refractivity contribution >= 4 is 11.7 Å². The number of hydrogen-bond donors (Lipinski definition) is 1. The smallest absolute Gasteiger partial charge is 0.255 e. The third kappa shape index (κ3) is 3.97. The first-order valence-electron chi connectivity index (χ1n) is 8.70. The summed E-state index contributed by atoms with van der Waals surface area (Å²) in [5.74, 6) is 0.650. The largest absolute Gasteiger partial charge is 0.356 e. The Morgan fingerprint density at radius 2 is 1.92 bits per heavy atom. The highest BCUT2D eigenvalue weighted by molar-refractivity contribution is 5.99. The van der Waals surface area contributed by atoms with Crippen LogP contribution < -0.4 is 10.2 Å². The molecule has 5 nitrogen and oxygen atoms in total. The number of hydrogen-bond acceptors (Lipinski definition) is 4. The van der Waals surface area contributed by atoms with Crippen molar-refractivity contribution in [3.63, 3.8) is 0 Å². The lowest BCUT2D eigenvalue weighted by Crippen LogP contribution is -2.34. The summed E-state index contributed by atoms with van der Waals surface area (Å²) in [6.07, 6.45) is 5.25. The van der Waals surface area contributed by atoms with E-state index in [4.69, 9.17) is 5.26 Å². The van der Waals surface area contributed by atoms with Gasteiger partial charge in [0.15, 0.2) is 0 Å². The van der Waals surface area contributed by atoms with Crippen LogP contribution >= 0.6 is 0 Å². The molecule has 1 amide bonds. The third-order valence-corrected chi connectivity index (χ3v) is 4.57. The van der Waals surface area contributed by atoms with E-state index in [1.54, 1.807) is 24.4 Å². The Bertz CT molecular complexity index is 773. The number of nitriles is 1. The maximum Gasteiger partial charge on any atom is 0.255 e. The van der Waals surface area contributed by atoms with E-state index in [-0.39, 0.29) is 11.9 Å². The molecule has 1 saturated heterocycles. The van der Waals surface area contributed by atoms with Gasteiger partial charge in [-0.2, -0.15) is 5.26 Å². The zero-order chi connectivity index (χ0) is 17.6. The molecular formula is C20H22N4O. The van der Waals surface area contributed by atoms with E-state index < -0.39 is 0 Å². The SMILES string of the molecule is C[C@@H](NC(=O)c1cccnc1N1CCCCC1)c1ccc(C#N)cc1. The monoisotopic (exact) mass is 334 g/mol. The molecule has 5 heteroatoms. The molecule has 0 saturated carbocycles. The lowest BCUT2D eigenvalue weighted by Gasteiger charge is -2.29. The Hall–Kier alpha value is -2.87. The first-order valence-corrected chi connectivity index (χ1v) is 8.70. The zero-order valence-corrected chi connectivity index (χ0v) is 14.4. The van der Waals surface area contributed by atoms with E-state index in [0.29, 0.717) is 11.1 Å². The highest BCUT2D eigenvalue weighted by atomic mass is 16.1. The minimum atomic E-state index is -0.144. The molecule has 0 aliphatic carbocycles. The topological polar surface area (TPSA) is 69.0 Å². The Kier molecular flexibility index (Phi) is 5.30. The average Bonchev–Trinajstić information content (AvgIpc) is 2.68. The summed E-state index contributed by atoms with van der Waals surface area (Å²) in [5.41, 5.74) is 2.20. The van der Waals surface area contributed by atoms with Crippen LogP contribution in [0, 0.1) is 11.3 Å². The summed E-state index contributed by atoms with van der Waals surface area (Å²) >= 11 is 0. The summed E-state index contributed by atoms with van der Waals surface area (Å²) in [4.78, 5) is 19.4. The molecule has 3 rings (SSSR count). The summed E-state index contributed by atoms with van der Waals surface area (Å²) in [6.45, 7) is 3.83. The van der Waals surface area contributed by atoms with Crippen LogP contribution in [0.1, 0.15) is 53.7 Å². The second-order valence-corrected chi connectivity index (χ2v) is 6.35. The lowest BCUT2D eigenvalue weighted by atomic mass is 10.1.